The average molecular weight is 391 g/mol. The first-order chi connectivity index (χ1) is 14.1. The van der Waals surface area contributed by atoms with Gasteiger partial charge in [0.2, 0.25) is 0 Å². The number of aromatic nitrogens is 1. The number of carbonyl (C=O) groups is 1. The lowest BCUT2D eigenvalue weighted by Crippen LogP contribution is -2.45. The lowest BCUT2D eigenvalue weighted by atomic mass is 9.88. The van der Waals surface area contributed by atoms with Crippen molar-refractivity contribution in [3.05, 3.63) is 83.4 Å². The fourth-order valence-corrected chi connectivity index (χ4v) is 3.77. The summed E-state index contributed by atoms with van der Waals surface area (Å²) in [6, 6.07) is 17.3. The number of rotatable bonds is 5. The van der Waals surface area contributed by atoms with Crippen molar-refractivity contribution in [2.45, 2.75) is 31.9 Å². The molecule has 6 heteroatoms. The van der Waals surface area contributed by atoms with Gasteiger partial charge in [0.15, 0.2) is 0 Å². The molecule has 1 amide bonds. The van der Waals surface area contributed by atoms with E-state index in [-0.39, 0.29) is 11.8 Å². The summed E-state index contributed by atoms with van der Waals surface area (Å²) in [4.78, 5) is 19.7. The lowest BCUT2D eigenvalue weighted by molar-refractivity contribution is 0.0447. The van der Waals surface area contributed by atoms with Crippen molar-refractivity contribution in [2.75, 3.05) is 18.4 Å². The summed E-state index contributed by atoms with van der Waals surface area (Å²) in [5, 5.41) is 13.7. The van der Waals surface area contributed by atoms with Gasteiger partial charge in [0.05, 0.1) is 24.5 Å². The van der Waals surface area contributed by atoms with Crippen LogP contribution in [-0.4, -0.2) is 40.1 Å². The Morgan fingerprint density at radius 3 is 2.79 bits per heavy atom. The number of amides is 1. The summed E-state index contributed by atoms with van der Waals surface area (Å²) in [5.41, 5.74) is 2.42. The monoisotopic (exact) mass is 391 g/mol. The topological polar surface area (TPSA) is 78.6 Å². The number of aliphatic hydroxyl groups excluding tert-OH is 1. The lowest BCUT2D eigenvalue weighted by Gasteiger charge is -2.36. The number of likely N-dealkylation sites (tertiary alicyclic amines) is 1. The number of carbonyl (C=O) groups excluding carboxylic acids is 1. The number of aryl methyl sites for hydroxylation is 1. The highest BCUT2D eigenvalue weighted by Crippen LogP contribution is 2.29. The predicted octanol–water partition coefficient (Wildman–Crippen LogP) is 3.59. The van der Waals surface area contributed by atoms with Gasteiger partial charge in [-0.2, -0.15) is 0 Å². The molecule has 3 heterocycles. The zero-order valence-corrected chi connectivity index (χ0v) is 16.4. The fourth-order valence-electron chi connectivity index (χ4n) is 3.77. The minimum atomic E-state index is -0.450. The van der Waals surface area contributed by atoms with Crippen molar-refractivity contribution in [3.8, 4) is 0 Å². The third-order valence-corrected chi connectivity index (χ3v) is 5.37. The molecular weight excluding hydrogens is 366 g/mol. The number of anilines is 1. The molecule has 29 heavy (non-hydrogen) atoms. The Morgan fingerprint density at radius 1 is 1.21 bits per heavy atom. The van der Waals surface area contributed by atoms with E-state index in [1.807, 2.05) is 66.4 Å². The van der Waals surface area contributed by atoms with E-state index in [1.165, 1.54) is 0 Å². The van der Waals surface area contributed by atoms with Crippen LogP contribution in [0.25, 0.3) is 0 Å². The first kappa shape index (κ1) is 19.2. The third kappa shape index (κ3) is 4.32. The Kier molecular flexibility index (Phi) is 5.62. The van der Waals surface area contributed by atoms with Crippen molar-refractivity contribution in [1.29, 1.82) is 0 Å². The highest BCUT2D eigenvalue weighted by atomic mass is 16.3. The van der Waals surface area contributed by atoms with Gasteiger partial charge in [0.1, 0.15) is 11.6 Å². The maximum atomic E-state index is 13.3. The van der Waals surface area contributed by atoms with Crippen LogP contribution in [0.5, 0.6) is 0 Å². The SMILES string of the molecule is Cc1ccc(C(=O)N2CCC(O)C(c3ccccc3)C2)c(NCc2ccco2)n1. The first-order valence-electron chi connectivity index (χ1n) is 9.88. The van der Waals surface area contributed by atoms with Gasteiger partial charge in [-0.1, -0.05) is 30.3 Å². The van der Waals surface area contributed by atoms with Gasteiger partial charge >= 0.3 is 0 Å². The molecular formula is C23H25N3O3. The summed E-state index contributed by atoms with van der Waals surface area (Å²) in [6.07, 6.45) is 1.73. The van der Waals surface area contributed by atoms with E-state index in [0.29, 0.717) is 37.4 Å². The number of furan rings is 1. The van der Waals surface area contributed by atoms with Crippen LogP contribution in [0.2, 0.25) is 0 Å². The van der Waals surface area contributed by atoms with E-state index in [9.17, 15) is 9.90 Å². The molecule has 1 aromatic carbocycles. The molecule has 6 nitrogen and oxygen atoms in total. The molecule has 2 aromatic heterocycles. The molecule has 2 atom stereocenters. The first-order valence-corrected chi connectivity index (χ1v) is 9.88. The molecule has 1 aliphatic rings. The molecule has 3 aromatic rings. The number of hydrogen-bond donors (Lipinski definition) is 2. The van der Waals surface area contributed by atoms with E-state index in [0.717, 1.165) is 17.0 Å². The van der Waals surface area contributed by atoms with Crippen molar-refractivity contribution in [1.82, 2.24) is 9.88 Å². The van der Waals surface area contributed by atoms with Crippen LogP contribution in [0.3, 0.4) is 0 Å². The molecule has 0 aliphatic carbocycles. The molecule has 1 fully saturated rings. The highest BCUT2D eigenvalue weighted by Gasteiger charge is 2.32. The fraction of sp³-hybridized carbons (Fsp3) is 0.304. The Bertz CT molecular complexity index is 957. The second-order valence-electron chi connectivity index (χ2n) is 7.41. The summed E-state index contributed by atoms with van der Waals surface area (Å²) in [7, 11) is 0. The van der Waals surface area contributed by atoms with Crippen molar-refractivity contribution >= 4 is 11.7 Å². The number of nitrogens with one attached hydrogen (secondary N) is 1. The van der Waals surface area contributed by atoms with Crippen molar-refractivity contribution in [2.24, 2.45) is 0 Å². The molecule has 4 rings (SSSR count). The number of pyridine rings is 1. The largest absolute Gasteiger partial charge is 0.467 e. The Hall–Kier alpha value is -3.12. The molecule has 0 spiro atoms. The minimum absolute atomic E-state index is 0.0766. The van der Waals surface area contributed by atoms with E-state index in [4.69, 9.17) is 4.42 Å². The van der Waals surface area contributed by atoms with Gasteiger partial charge < -0.3 is 19.7 Å². The van der Waals surface area contributed by atoms with E-state index in [2.05, 4.69) is 10.3 Å². The minimum Gasteiger partial charge on any atom is -0.467 e. The summed E-state index contributed by atoms with van der Waals surface area (Å²) in [5.74, 6) is 1.16. The number of piperidine rings is 1. The van der Waals surface area contributed by atoms with Crippen LogP contribution in [0.15, 0.2) is 65.3 Å². The van der Waals surface area contributed by atoms with Crippen LogP contribution in [-0.2, 0) is 6.54 Å². The van der Waals surface area contributed by atoms with Crippen molar-refractivity contribution < 1.29 is 14.3 Å². The van der Waals surface area contributed by atoms with Gasteiger partial charge in [-0.25, -0.2) is 4.98 Å². The quantitative estimate of drug-likeness (QED) is 0.695. The van der Waals surface area contributed by atoms with Gasteiger partial charge in [-0.3, -0.25) is 4.79 Å². The van der Waals surface area contributed by atoms with Crippen LogP contribution < -0.4 is 5.32 Å². The molecule has 2 N–H and O–H groups in total. The highest BCUT2D eigenvalue weighted by molar-refractivity contribution is 5.98. The van der Waals surface area contributed by atoms with Gasteiger partial charge in [-0.05, 0) is 43.2 Å². The van der Waals surface area contributed by atoms with Crippen LogP contribution in [0.1, 0.15) is 39.7 Å². The number of hydrogen-bond acceptors (Lipinski definition) is 5. The van der Waals surface area contributed by atoms with E-state index < -0.39 is 6.10 Å². The number of benzene rings is 1. The van der Waals surface area contributed by atoms with Gasteiger partial charge in [0.25, 0.3) is 5.91 Å². The third-order valence-electron chi connectivity index (χ3n) is 5.37. The summed E-state index contributed by atoms with van der Waals surface area (Å²) in [6.45, 7) is 3.36. The summed E-state index contributed by atoms with van der Waals surface area (Å²) >= 11 is 0. The van der Waals surface area contributed by atoms with E-state index >= 15 is 0 Å². The van der Waals surface area contributed by atoms with Crippen LogP contribution in [0.4, 0.5) is 5.82 Å². The Balaban J connectivity index is 1.54. The Labute approximate surface area is 170 Å². The van der Waals surface area contributed by atoms with Gasteiger partial charge in [-0.15, -0.1) is 0 Å². The Morgan fingerprint density at radius 2 is 2.03 bits per heavy atom. The van der Waals surface area contributed by atoms with Crippen LogP contribution >= 0.6 is 0 Å². The van der Waals surface area contributed by atoms with E-state index in [1.54, 1.807) is 6.26 Å². The maximum Gasteiger partial charge on any atom is 0.257 e. The maximum absolute atomic E-state index is 13.3. The number of aliphatic hydroxyl groups is 1. The second-order valence-corrected chi connectivity index (χ2v) is 7.41. The zero-order chi connectivity index (χ0) is 20.2. The smallest absolute Gasteiger partial charge is 0.257 e. The standard InChI is InChI=1S/C23H25N3O3/c1-16-9-10-19(22(25-16)24-14-18-8-5-13-29-18)23(28)26-12-11-21(27)20(15-26)17-6-3-2-4-7-17/h2-10,13,20-21,27H,11-12,14-15H2,1H3,(H,24,25). The van der Waals surface area contributed by atoms with Crippen LogP contribution in [0, 0.1) is 6.92 Å². The predicted molar refractivity (Wildman–Crippen MR) is 111 cm³/mol. The normalized spacial score (nSPS) is 19.2. The van der Waals surface area contributed by atoms with Crippen molar-refractivity contribution in [3.63, 3.8) is 0 Å². The average Bonchev–Trinajstić information content (AvgIpc) is 3.26. The zero-order valence-electron chi connectivity index (χ0n) is 16.4. The molecule has 0 radical (unpaired) electrons. The van der Waals surface area contributed by atoms with Gasteiger partial charge in [0, 0.05) is 24.7 Å². The summed E-state index contributed by atoms with van der Waals surface area (Å²) < 4.78 is 5.36. The molecule has 1 saturated heterocycles. The molecule has 150 valence electrons. The molecule has 2 unspecified atom stereocenters. The second kappa shape index (κ2) is 8.49. The molecule has 1 aliphatic heterocycles. The molecule has 0 bridgehead atoms. The molecule has 0 saturated carbocycles. The number of nitrogens with zero attached hydrogens (tertiary/aromatic N) is 2.